The Morgan fingerprint density at radius 2 is 1.17 bits per heavy atom. The van der Waals surface area contributed by atoms with Crippen LogP contribution in [0.25, 0.3) is 0 Å². The van der Waals surface area contributed by atoms with Gasteiger partial charge in [-0.3, -0.25) is 4.79 Å². The molecule has 0 aliphatic carbocycles. The molecular weight excluding hydrogens is 447 g/mol. The molecule has 0 fully saturated rings. The van der Waals surface area contributed by atoms with Crippen LogP contribution in [-0.2, 0) is 9.53 Å². The van der Waals surface area contributed by atoms with E-state index in [0.717, 1.165) is 0 Å². The summed E-state index contributed by atoms with van der Waals surface area (Å²) in [5.74, 6) is -38.6. The first-order valence-corrected chi connectivity index (χ1v) is 7.74. The first-order chi connectivity index (χ1) is 12.6. The smallest absolute Gasteiger partial charge is 0.460 e. The number of ether oxygens (including phenoxy) is 1. The van der Waals surface area contributed by atoms with Gasteiger partial charge < -0.3 is 4.74 Å². The lowest BCUT2D eigenvalue weighted by Gasteiger charge is -2.39. The predicted octanol–water partition coefficient (Wildman–Crippen LogP) is 6.09. The Kier molecular flexibility index (Phi) is 7.94. The molecule has 0 radical (unpaired) electrons. The molecular formula is C14H15F13O2. The molecule has 29 heavy (non-hydrogen) atoms. The molecule has 0 aliphatic heterocycles. The fraction of sp³-hybridized carbons (Fsp3) is 0.929. The Bertz CT molecular complexity index is 568. The lowest BCUT2D eigenvalue weighted by molar-refractivity contribution is -0.440. The molecule has 15 heteroatoms. The second kappa shape index (κ2) is 8.36. The van der Waals surface area contributed by atoms with Gasteiger partial charge in [-0.2, -0.15) is 57.1 Å². The van der Waals surface area contributed by atoms with Gasteiger partial charge in [0.25, 0.3) is 0 Å². The third-order valence-electron chi connectivity index (χ3n) is 3.89. The van der Waals surface area contributed by atoms with E-state index in [0.29, 0.717) is 0 Å². The SMILES string of the molecule is CCC(C)C(=O)OCCCC(F)(F)C(F)(F)C(F)(F)C(F)(F)C(F)(F)C(F)(F)F. The number of rotatable bonds is 10. The zero-order valence-corrected chi connectivity index (χ0v) is 14.6. The zero-order valence-electron chi connectivity index (χ0n) is 14.6. The molecule has 0 saturated carbocycles. The van der Waals surface area contributed by atoms with Crippen molar-refractivity contribution in [3.05, 3.63) is 0 Å². The van der Waals surface area contributed by atoms with Crippen molar-refractivity contribution in [2.45, 2.75) is 68.9 Å². The van der Waals surface area contributed by atoms with Crippen molar-refractivity contribution in [3.63, 3.8) is 0 Å². The van der Waals surface area contributed by atoms with Crippen molar-refractivity contribution >= 4 is 5.97 Å². The lowest BCUT2D eigenvalue weighted by Crippen LogP contribution is -2.70. The molecule has 0 aromatic rings. The van der Waals surface area contributed by atoms with Crippen molar-refractivity contribution in [2.75, 3.05) is 6.61 Å². The van der Waals surface area contributed by atoms with Crippen molar-refractivity contribution < 1.29 is 66.6 Å². The summed E-state index contributed by atoms with van der Waals surface area (Å²) in [6.07, 6.45) is -10.9. The van der Waals surface area contributed by atoms with Gasteiger partial charge in [-0.25, -0.2) is 0 Å². The van der Waals surface area contributed by atoms with E-state index in [1.54, 1.807) is 0 Å². The predicted molar refractivity (Wildman–Crippen MR) is 70.4 cm³/mol. The van der Waals surface area contributed by atoms with E-state index >= 15 is 0 Å². The van der Waals surface area contributed by atoms with E-state index in [9.17, 15) is 61.9 Å². The molecule has 174 valence electrons. The fourth-order valence-corrected chi connectivity index (χ4v) is 1.73. The van der Waals surface area contributed by atoms with Crippen LogP contribution in [0.1, 0.15) is 33.1 Å². The Hall–Kier alpha value is -1.44. The molecule has 0 N–H and O–H groups in total. The van der Waals surface area contributed by atoms with Gasteiger partial charge in [0.2, 0.25) is 0 Å². The number of carbonyl (C=O) groups is 1. The van der Waals surface area contributed by atoms with Gasteiger partial charge in [-0.15, -0.1) is 0 Å². The normalized spacial score (nSPS) is 16.0. The largest absolute Gasteiger partial charge is 0.465 e. The highest BCUT2D eigenvalue weighted by Crippen LogP contribution is 2.60. The van der Waals surface area contributed by atoms with Gasteiger partial charge in [0.15, 0.2) is 0 Å². The molecule has 0 amide bonds. The molecule has 0 aromatic carbocycles. The molecule has 0 rings (SSSR count). The summed E-state index contributed by atoms with van der Waals surface area (Å²) in [7, 11) is 0. The molecule has 0 heterocycles. The topological polar surface area (TPSA) is 26.3 Å². The first-order valence-electron chi connectivity index (χ1n) is 7.74. The van der Waals surface area contributed by atoms with E-state index in [1.165, 1.54) is 13.8 Å². The summed E-state index contributed by atoms with van der Waals surface area (Å²) < 4.78 is 172. The zero-order chi connectivity index (χ0) is 23.7. The van der Waals surface area contributed by atoms with Crippen molar-refractivity contribution in [1.29, 1.82) is 0 Å². The second-order valence-electron chi connectivity index (χ2n) is 6.08. The number of hydrogen-bond donors (Lipinski definition) is 0. The summed E-state index contributed by atoms with van der Waals surface area (Å²) in [4.78, 5) is 11.2. The van der Waals surface area contributed by atoms with Crippen LogP contribution in [-0.4, -0.2) is 48.4 Å². The van der Waals surface area contributed by atoms with Gasteiger partial charge in [0, 0.05) is 6.42 Å². The van der Waals surface area contributed by atoms with Crippen LogP contribution in [0, 0.1) is 5.92 Å². The molecule has 0 spiro atoms. The summed E-state index contributed by atoms with van der Waals surface area (Å²) >= 11 is 0. The monoisotopic (exact) mass is 462 g/mol. The molecule has 2 nitrogen and oxygen atoms in total. The number of carbonyl (C=O) groups excluding carboxylic acids is 1. The number of esters is 1. The summed E-state index contributed by atoms with van der Waals surface area (Å²) in [6.45, 7) is 1.80. The van der Waals surface area contributed by atoms with Gasteiger partial charge in [-0.05, 0) is 12.8 Å². The van der Waals surface area contributed by atoms with Crippen LogP contribution < -0.4 is 0 Å². The standard InChI is InChI=1S/C14H15F13O2/c1-3-7(2)8(28)29-6-4-5-9(15,16)10(17,18)11(19,20)12(21,22)13(23,24)14(25,26)27/h7H,3-6H2,1-2H3. The average molecular weight is 462 g/mol. The maximum Gasteiger partial charge on any atom is 0.460 e. The third kappa shape index (κ3) is 4.84. The van der Waals surface area contributed by atoms with Crippen LogP contribution in [0.5, 0.6) is 0 Å². The van der Waals surface area contributed by atoms with E-state index < -0.39 is 67.1 Å². The van der Waals surface area contributed by atoms with Crippen molar-refractivity contribution in [3.8, 4) is 0 Å². The van der Waals surface area contributed by atoms with Crippen LogP contribution >= 0.6 is 0 Å². The van der Waals surface area contributed by atoms with Gasteiger partial charge in [0.05, 0.1) is 12.5 Å². The van der Waals surface area contributed by atoms with Crippen molar-refractivity contribution in [1.82, 2.24) is 0 Å². The maximum absolute atomic E-state index is 13.4. The minimum atomic E-state index is -7.91. The number of halogens is 13. The third-order valence-corrected chi connectivity index (χ3v) is 3.89. The van der Waals surface area contributed by atoms with Gasteiger partial charge >= 0.3 is 41.8 Å². The highest BCUT2D eigenvalue weighted by molar-refractivity contribution is 5.71. The Labute approximate surface area is 155 Å². The quantitative estimate of drug-likeness (QED) is 0.223. The molecule has 0 saturated heterocycles. The Morgan fingerprint density at radius 3 is 1.55 bits per heavy atom. The van der Waals surface area contributed by atoms with Crippen molar-refractivity contribution in [2.24, 2.45) is 5.92 Å². The van der Waals surface area contributed by atoms with E-state index in [4.69, 9.17) is 0 Å². The van der Waals surface area contributed by atoms with Gasteiger partial charge in [-0.1, -0.05) is 13.8 Å². The molecule has 0 bridgehead atoms. The highest BCUT2D eigenvalue weighted by atomic mass is 19.4. The van der Waals surface area contributed by atoms with Crippen LogP contribution in [0.15, 0.2) is 0 Å². The van der Waals surface area contributed by atoms with E-state index in [1.807, 2.05) is 0 Å². The van der Waals surface area contributed by atoms with Crippen LogP contribution in [0.2, 0.25) is 0 Å². The van der Waals surface area contributed by atoms with E-state index in [2.05, 4.69) is 4.74 Å². The molecule has 0 aromatic heterocycles. The lowest BCUT2D eigenvalue weighted by atomic mass is 9.92. The first kappa shape index (κ1) is 27.6. The summed E-state index contributed by atoms with van der Waals surface area (Å²) in [5.41, 5.74) is 0. The number of hydrogen-bond acceptors (Lipinski definition) is 2. The molecule has 0 aliphatic rings. The van der Waals surface area contributed by atoms with Crippen LogP contribution in [0.4, 0.5) is 57.1 Å². The number of alkyl halides is 13. The Balaban J connectivity index is 5.53. The second-order valence-corrected chi connectivity index (χ2v) is 6.08. The molecule has 1 atom stereocenters. The van der Waals surface area contributed by atoms with Crippen LogP contribution in [0.3, 0.4) is 0 Å². The highest BCUT2D eigenvalue weighted by Gasteiger charge is 2.90. The minimum Gasteiger partial charge on any atom is -0.465 e. The van der Waals surface area contributed by atoms with Gasteiger partial charge in [0.1, 0.15) is 0 Å². The summed E-state index contributed by atoms with van der Waals surface area (Å²) in [6, 6.07) is 0. The summed E-state index contributed by atoms with van der Waals surface area (Å²) in [5, 5.41) is 0. The average Bonchev–Trinajstić information content (AvgIpc) is 2.55. The van der Waals surface area contributed by atoms with E-state index in [-0.39, 0.29) is 6.42 Å². The Morgan fingerprint density at radius 1 is 0.759 bits per heavy atom. The fourth-order valence-electron chi connectivity index (χ4n) is 1.73. The minimum absolute atomic E-state index is 0.224. The maximum atomic E-state index is 13.4. The molecule has 1 unspecified atom stereocenters.